The van der Waals surface area contributed by atoms with E-state index in [1.807, 2.05) is 13.8 Å². The summed E-state index contributed by atoms with van der Waals surface area (Å²) in [6.45, 7) is 9.56. The minimum atomic E-state index is -0.427. The van der Waals surface area contributed by atoms with E-state index in [0.29, 0.717) is 31.8 Å². The number of carbonyl (C=O) groups is 2. The monoisotopic (exact) mass is 470 g/mol. The van der Waals surface area contributed by atoms with Gasteiger partial charge in [-0.2, -0.15) is 0 Å². The summed E-state index contributed by atoms with van der Waals surface area (Å²) in [5.41, 5.74) is 11.2. The Hall–Kier alpha value is -0.560. The van der Waals surface area contributed by atoms with Crippen LogP contribution in [0.1, 0.15) is 79.1 Å². The molecule has 1 fully saturated rings. The van der Waals surface area contributed by atoms with Crippen LogP contribution in [0, 0.1) is 22.7 Å². The van der Waals surface area contributed by atoms with E-state index in [4.69, 9.17) is 20.9 Å². The third-order valence-corrected chi connectivity index (χ3v) is 5.71. The van der Waals surface area contributed by atoms with Gasteiger partial charge in [0, 0.05) is 11.8 Å². The highest BCUT2D eigenvalue weighted by Gasteiger charge is 2.34. The lowest BCUT2D eigenvalue weighted by Crippen LogP contribution is -2.36. The van der Waals surface area contributed by atoms with Gasteiger partial charge in [-0.3, -0.25) is 9.59 Å². The number of ether oxygens (including phenoxy) is 2. The van der Waals surface area contributed by atoms with Crippen molar-refractivity contribution in [2.45, 2.75) is 79.1 Å². The third kappa shape index (κ3) is 12.3. The summed E-state index contributed by atoms with van der Waals surface area (Å²) >= 11 is 0. The fourth-order valence-electron chi connectivity index (χ4n) is 3.93. The van der Waals surface area contributed by atoms with E-state index in [0.717, 1.165) is 32.1 Å². The molecule has 0 spiro atoms. The molecule has 0 radical (unpaired) electrons. The number of hydrogen-bond acceptors (Lipinski definition) is 6. The average molecular weight is 472 g/mol. The molecule has 0 aromatic rings. The van der Waals surface area contributed by atoms with E-state index in [9.17, 15) is 9.59 Å². The van der Waals surface area contributed by atoms with Crippen molar-refractivity contribution >= 4 is 36.8 Å². The molecule has 0 aromatic heterocycles. The van der Waals surface area contributed by atoms with Crippen LogP contribution in [0.15, 0.2) is 0 Å². The molecule has 0 bridgehead atoms. The van der Waals surface area contributed by atoms with Crippen molar-refractivity contribution in [1.82, 2.24) is 0 Å². The molecule has 0 unspecified atom stereocenters. The van der Waals surface area contributed by atoms with Crippen LogP contribution < -0.4 is 11.5 Å². The Kier molecular flexibility index (Phi) is 16.1. The summed E-state index contributed by atoms with van der Waals surface area (Å²) in [4.78, 5) is 24.5. The lowest BCUT2D eigenvalue weighted by atomic mass is 9.72. The fourth-order valence-corrected chi connectivity index (χ4v) is 3.93. The van der Waals surface area contributed by atoms with E-state index in [2.05, 4.69) is 13.8 Å². The Labute approximate surface area is 195 Å². The highest BCUT2D eigenvalue weighted by atomic mass is 35.5. The van der Waals surface area contributed by atoms with Gasteiger partial charge < -0.3 is 20.9 Å². The number of rotatable bonds is 12. The van der Waals surface area contributed by atoms with Crippen molar-refractivity contribution in [2.24, 2.45) is 34.1 Å². The molecule has 1 saturated carbocycles. The highest BCUT2D eigenvalue weighted by Crippen LogP contribution is 2.38. The number of halogens is 2. The van der Waals surface area contributed by atoms with Gasteiger partial charge in [0.1, 0.15) is 0 Å². The molecule has 8 heteroatoms. The molecule has 1 aliphatic carbocycles. The largest absolute Gasteiger partial charge is 0.465 e. The topological polar surface area (TPSA) is 105 Å². The van der Waals surface area contributed by atoms with Crippen molar-refractivity contribution in [3.63, 3.8) is 0 Å². The second kappa shape index (κ2) is 15.3. The van der Waals surface area contributed by atoms with Crippen molar-refractivity contribution in [3.8, 4) is 0 Å². The molecule has 180 valence electrons. The second-order valence-electron chi connectivity index (χ2n) is 9.86. The Balaban J connectivity index is 0. The zero-order valence-electron chi connectivity index (χ0n) is 19.2. The summed E-state index contributed by atoms with van der Waals surface area (Å²) in [7, 11) is 0. The maximum atomic E-state index is 12.3. The molecule has 0 aliphatic heterocycles. The third-order valence-electron chi connectivity index (χ3n) is 5.71. The molecule has 1 aliphatic rings. The van der Waals surface area contributed by atoms with E-state index >= 15 is 0 Å². The number of esters is 2. The minimum Gasteiger partial charge on any atom is -0.465 e. The maximum Gasteiger partial charge on any atom is 0.306 e. The fraction of sp³-hybridized carbons (Fsp3) is 0.909. The first-order chi connectivity index (χ1) is 13.1. The molecule has 1 atom stereocenters. The van der Waals surface area contributed by atoms with Crippen molar-refractivity contribution in [1.29, 1.82) is 0 Å². The zero-order chi connectivity index (χ0) is 21.2. The number of nitrogens with two attached hydrogens (primary N) is 2. The normalized spacial score (nSPS) is 16.8. The zero-order valence-corrected chi connectivity index (χ0v) is 20.9. The molecule has 0 aromatic carbocycles. The Morgan fingerprint density at radius 1 is 0.967 bits per heavy atom. The Bertz CT molecular complexity index is 496. The number of hydrogen-bond donors (Lipinski definition) is 2. The quantitative estimate of drug-likeness (QED) is 0.412. The molecule has 1 rings (SSSR count). The first-order valence-corrected chi connectivity index (χ1v) is 10.8. The molecule has 0 saturated heterocycles. The molecule has 0 amide bonds. The van der Waals surface area contributed by atoms with Crippen LogP contribution >= 0.6 is 24.8 Å². The van der Waals surface area contributed by atoms with Crippen molar-refractivity contribution in [3.05, 3.63) is 0 Å². The van der Waals surface area contributed by atoms with E-state index in [1.54, 1.807) is 0 Å². The van der Waals surface area contributed by atoms with Gasteiger partial charge in [-0.05, 0) is 49.6 Å². The van der Waals surface area contributed by atoms with Gasteiger partial charge in [0.2, 0.25) is 0 Å². The average Bonchev–Trinajstić information content (AvgIpc) is 2.65. The van der Waals surface area contributed by atoms with Crippen LogP contribution in [0.3, 0.4) is 0 Å². The predicted molar refractivity (Wildman–Crippen MR) is 126 cm³/mol. The van der Waals surface area contributed by atoms with Crippen molar-refractivity contribution < 1.29 is 19.1 Å². The maximum absolute atomic E-state index is 12.3. The molecule has 30 heavy (non-hydrogen) atoms. The van der Waals surface area contributed by atoms with Crippen LogP contribution in [-0.2, 0) is 19.1 Å². The van der Waals surface area contributed by atoms with Crippen LogP contribution in [0.5, 0.6) is 0 Å². The molecule has 0 heterocycles. The lowest BCUT2D eigenvalue weighted by molar-refractivity contribution is -0.155. The van der Waals surface area contributed by atoms with Gasteiger partial charge in [0.05, 0.1) is 19.6 Å². The molecule has 4 N–H and O–H groups in total. The Morgan fingerprint density at radius 2 is 1.50 bits per heavy atom. The van der Waals surface area contributed by atoms with Gasteiger partial charge in [-0.15, -0.1) is 24.8 Å². The Morgan fingerprint density at radius 3 is 1.97 bits per heavy atom. The minimum absolute atomic E-state index is 0. The van der Waals surface area contributed by atoms with Crippen molar-refractivity contribution in [2.75, 3.05) is 26.3 Å². The SMILES string of the molecule is CC(C)C[C@@H](CN)CC(=O)OCC(C)(C)COC(=O)CC1(CN)CCCCC1.Cl.Cl. The van der Waals surface area contributed by atoms with Crippen LogP contribution in [0.2, 0.25) is 0 Å². The molecular weight excluding hydrogens is 427 g/mol. The first-order valence-electron chi connectivity index (χ1n) is 10.8. The van der Waals surface area contributed by atoms with Gasteiger partial charge in [0.25, 0.3) is 0 Å². The second-order valence-corrected chi connectivity index (χ2v) is 9.86. The summed E-state index contributed by atoms with van der Waals surface area (Å²) < 4.78 is 11.0. The van der Waals surface area contributed by atoms with Gasteiger partial charge >= 0.3 is 11.9 Å². The van der Waals surface area contributed by atoms with Crippen LogP contribution in [0.25, 0.3) is 0 Å². The highest BCUT2D eigenvalue weighted by molar-refractivity contribution is 5.85. The molecule has 6 nitrogen and oxygen atoms in total. The van der Waals surface area contributed by atoms with E-state index in [-0.39, 0.29) is 61.3 Å². The van der Waals surface area contributed by atoms with E-state index in [1.165, 1.54) is 6.42 Å². The van der Waals surface area contributed by atoms with Crippen LogP contribution in [0.4, 0.5) is 0 Å². The van der Waals surface area contributed by atoms with Gasteiger partial charge in [-0.1, -0.05) is 47.0 Å². The smallest absolute Gasteiger partial charge is 0.306 e. The standard InChI is InChI=1S/C22H42N2O4.2ClH/c1-17(2)10-18(13-23)11-19(25)27-15-21(3,4)16-28-20(26)12-22(14-24)8-6-5-7-9-22;;/h17-18H,5-16,23-24H2,1-4H3;2*1H/t18-;;/m1../s1. The molecular formula is C22H44Cl2N2O4. The summed E-state index contributed by atoms with van der Waals surface area (Å²) in [6.07, 6.45) is 7.11. The van der Waals surface area contributed by atoms with E-state index < -0.39 is 5.41 Å². The summed E-state index contributed by atoms with van der Waals surface area (Å²) in [5, 5.41) is 0. The number of carbonyl (C=O) groups excluding carboxylic acids is 2. The van der Waals surface area contributed by atoms with Crippen LogP contribution in [-0.4, -0.2) is 38.2 Å². The lowest BCUT2D eigenvalue weighted by Gasteiger charge is -2.35. The van der Waals surface area contributed by atoms with Gasteiger partial charge in [0.15, 0.2) is 0 Å². The van der Waals surface area contributed by atoms with Gasteiger partial charge in [-0.25, -0.2) is 0 Å². The summed E-state index contributed by atoms with van der Waals surface area (Å²) in [6, 6.07) is 0. The first kappa shape index (κ1) is 31.6. The predicted octanol–water partition coefficient (Wildman–Crippen LogP) is 4.25. The summed E-state index contributed by atoms with van der Waals surface area (Å²) in [5.74, 6) is 0.209.